The van der Waals surface area contributed by atoms with E-state index in [4.69, 9.17) is 32.7 Å². The molecule has 38 heavy (non-hydrogen) atoms. The van der Waals surface area contributed by atoms with Crippen molar-refractivity contribution >= 4 is 52.6 Å². The van der Waals surface area contributed by atoms with E-state index in [9.17, 15) is 9.59 Å². The van der Waals surface area contributed by atoms with E-state index in [0.717, 1.165) is 28.0 Å². The van der Waals surface area contributed by atoms with E-state index in [0.29, 0.717) is 27.2 Å². The lowest BCUT2D eigenvalue weighted by Crippen LogP contribution is -2.33. The molecule has 2 saturated heterocycles. The Morgan fingerprint density at radius 3 is 2.45 bits per heavy atom. The van der Waals surface area contributed by atoms with Crippen molar-refractivity contribution in [2.45, 2.75) is 44.7 Å². The zero-order valence-electron chi connectivity index (χ0n) is 21.5. The number of imide groups is 1. The molecule has 2 atom stereocenters. The minimum Gasteiger partial charge on any atom is -0.496 e. The number of halogens is 2. The number of aryl methyl sites for hydroxylation is 1. The summed E-state index contributed by atoms with van der Waals surface area (Å²) in [6, 6.07) is 15.6. The Kier molecular flexibility index (Phi) is 7.54. The van der Waals surface area contributed by atoms with Gasteiger partial charge in [0, 0.05) is 21.4 Å². The van der Waals surface area contributed by atoms with Crippen LogP contribution in [0, 0.1) is 6.92 Å². The summed E-state index contributed by atoms with van der Waals surface area (Å²) in [7, 11) is 1.62. The topological polar surface area (TPSA) is 59.1 Å². The standard InChI is InChI=1S/C29H28Cl2N2O4S/c1-16(2)23-13-21(31)11-17(3)26(23)37-14-19-12-18(5-10-25(19)36-4)28-33-24(15-38-28)27(34)32(29(33)35)22-8-6-20(30)7-9-22/h5-13,16,24,28H,14-15H2,1-4H3. The average molecular weight is 572 g/mol. The number of hydrogen-bond acceptors (Lipinski definition) is 5. The van der Waals surface area contributed by atoms with Gasteiger partial charge in [-0.05, 0) is 78.1 Å². The molecule has 0 spiro atoms. The molecule has 198 valence electrons. The average Bonchev–Trinajstić information content (AvgIpc) is 3.43. The minimum absolute atomic E-state index is 0.219. The molecule has 2 aliphatic heterocycles. The third-order valence-corrected chi connectivity index (χ3v) is 8.65. The van der Waals surface area contributed by atoms with Crippen molar-refractivity contribution in [1.29, 1.82) is 0 Å². The van der Waals surface area contributed by atoms with Crippen LogP contribution in [0.25, 0.3) is 0 Å². The highest BCUT2D eigenvalue weighted by Gasteiger charge is 2.53. The maximum Gasteiger partial charge on any atom is 0.333 e. The number of methoxy groups -OCH3 is 1. The van der Waals surface area contributed by atoms with E-state index in [2.05, 4.69) is 13.8 Å². The SMILES string of the molecule is COc1ccc(C2SCC3C(=O)N(c4ccc(Cl)cc4)C(=O)N32)cc1COc1c(C)cc(Cl)cc1C(C)C. The van der Waals surface area contributed by atoms with E-state index in [1.807, 2.05) is 37.3 Å². The highest BCUT2D eigenvalue weighted by atomic mass is 35.5. The first-order valence-corrected chi connectivity index (χ1v) is 14.1. The lowest BCUT2D eigenvalue weighted by atomic mass is 9.99. The van der Waals surface area contributed by atoms with Crippen molar-refractivity contribution in [3.63, 3.8) is 0 Å². The maximum absolute atomic E-state index is 13.5. The molecule has 0 N–H and O–H groups in total. The molecule has 2 fully saturated rings. The number of carbonyl (C=O) groups is 2. The van der Waals surface area contributed by atoms with E-state index in [1.165, 1.54) is 4.90 Å². The predicted octanol–water partition coefficient (Wildman–Crippen LogP) is 7.60. The van der Waals surface area contributed by atoms with Crippen LogP contribution in [0.3, 0.4) is 0 Å². The summed E-state index contributed by atoms with van der Waals surface area (Å²) in [6.07, 6.45) is 0. The van der Waals surface area contributed by atoms with Gasteiger partial charge in [0.2, 0.25) is 0 Å². The number of thioether (sulfide) groups is 1. The molecule has 9 heteroatoms. The molecule has 3 amide bonds. The van der Waals surface area contributed by atoms with Gasteiger partial charge in [0.15, 0.2) is 0 Å². The van der Waals surface area contributed by atoms with Gasteiger partial charge in [0.05, 0.1) is 12.8 Å². The molecule has 0 aliphatic carbocycles. The molecule has 2 aliphatic rings. The predicted molar refractivity (Wildman–Crippen MR) is 153 cm³/mol. The van der Waals surface area contributed by atoms with Crippen molar-refractivity contribution in [2.75, 3.05) is 17.8 Å². The van der Waals surface area contributed by atoms with Gasteiger partial charge in [-0.15, -0.1) is 11.8 Å². The lowest BCUT2D eigenvalue weighted by molar-refractivity contribution is -0.119. The second-order valence-electron chi connectivity index (χ2n) is 9.70. The number of hydrogen-bond donors (Lipinski definition) is 0. The summed E-state index contributed by atoms with van der Waals surface area (Å²) in [6.45, 7) is 6.48. The van der Waals surface area contributed by atoms with Gasteiger partial charge in [-0.3, -0.25) is 9.69 Å². The monoisotopic (exact) mass is 570 g/mol. The Balaban J connectivity index is 1.42. The first-order valence-electron chi connectivity index (χ1n) is 12.3. The molecular formula is C29H28Cl2N2O4S. The number of fused-ring (bicyclic) bond motifs is 1. The number of rotatable bonds is 7. The Morgan fingerprint density at radius 2 is 1.76 bits per heavy atom. The van der Waals surface area contributed by atoms with E-state index < -0.39 is 6.04 Å². The fourth-order valence-corrected chi connectivity index (χ4v) is 6.78. The number of amides is 3. The second kappa shape index (κ2) is 10.7. The van der Waals surface area contributed by atoms with Crippen LogP contribution in [-0.4, -0.2) is 35.7 Å². The van der Waals surface area contributed by atoms with Gasteiger partial charge in [-0.2, -0.15) is 0 Å². The first kappa shape index (κ1) is 26.7. The Morgan fingerprint density at radius 1 is 1.03 bits per heavy atom. The summed E-state index contributed by atoms with van der Waals surface area (Å²) in [5.74, 6) is 2.05. The second-order valence-corrected chi connectivity index (χ2v) is 11.7. The van der Waals surface area contributed by atoms with Crippen LogP contribution in [0.15, 0.2) is 54.6 Å². The Labute approximate surface area is 236 Å². The summed E-state index contributed by atoms with van der Waals surface area (Å²) in [4.78, 5) is 29.6. The lowest BCUT2D eigenvalue weighted by Gasteiger charge is -2.24. The van der Waals surface area contributed by atoms with E-state index in [1.54, 1.807) is 48.0 Å². The van der Waals surface area contributed by atoms with Gasteiger partial charge >= 0.3 is 6.03 Å². The van der Waals surface area contributed by atoms with Crippen molar-refractivity contribution in [2.24, 2.45) is 0 Å². The van der Waals surface area contributed by atoms with Crippen molar-refractivity contribution in [3.8, 4) is 11.5 Å². The third-order valence-electron chi connectivity index (χ3n) is 6.85. The zero-order chi connectivity index (χ0) is 27.1. The number of nitrogens with zero attached hydrogens (tertiary/aromatic N) is 2. The molecule has 0 bridgehead atoms. The molecule has 3 aromatic rings. The van der Waals surface area contributed by atoms with Crippen LogP contribution in [0.1, 0.15) is 47.4 Å². The maximum atomic E-state index is 13.5. The van der Waals surface area contributed by atoms with Crippen LogP contribution in [0.2, 0.25) is 10.0 Å². The van der Waals surface area contributed by atoms with Gasteiger partial charge in [-0.1, -0.05) is 43.1 Å². The van der Waals surface area contributed by atoms with E-state index in [-0.39, 0.29) is 29.8 Å². The quantitative estimate of drug-likeness (QED) is 0.274. The molecule has 2 unspecified atom stereocenters. The molecule has 0 radical (unpaired) electrons. The molecule has 2 heterocycles. The van der Waals surface area contributed by atoms with Crippen LogP contribution >= 0.6 is 35.0 Å². The summed E-state index contributed by atoms with van der Waals surface area (Å²) in [5, 5.41) is 0.925. The smallest absolute Gasteiger partial charge is 0.333 e. The number of anilines is 1. The zero-order valence-corrected chi connectivity index (χ0v) is 23.9. The molecule has 3 aromatic carbocycles. The Bertz CT molecular complexity index is 1400. The normalized spacial score (nSPS) is 18.9. The third kappa shape index (κ3) is 4.83. The van der Waals surface area contributed by atoms with Gasteiger partial charge in [0.25, 0.3) is 5.91 Å². The Hall–Kier alpha value is -2.87. The number of ether oxygens (including phenoxy) is 2. The van der Waals surface area contributed by atoms with Crippen molar-refractivity contribution in [1.82, 2.24) is 4.90 Å². The van der Waals surface area contributed by atoms with Crippen LogP contribution < -0.4 is 14.4 Å². The van der Waals surface area contributed by atoms with Gasteiger partial charge in [0.1, 0.15) is 29.5 Å². The largest absolute Gasteiger partial charge is 0.496 e. The first-order chi connectivity index (χ1) is 18.2. The fraction of sp³-hybridized carbons (Fsp3) is 0.310. The van der Waals surface area contributed by atoms with Gasteiger partial charge in [-0.25, -0.2) is 9.69 Å². The molecule has 5 rings (SSSR count). The molecular weight excluding hydrogens is 543 g/mol. The number of benzene rings is 3. The highest BCUT2D eigenvalue weighted by molar-refractivity contribution is 7.99. The number of urea groups is 1. The molecule has 6 nitrogen and oxygen atoms in total. The molecule has 0 saturated carbocycles. The van der Waals surface area contributed by atoms with Crippen molar-refractivity contribution in [3.05, 3.63) is 86.9 Å². The van der Waals surface area contributed by atoms with Crippen LogP contribution in [0.5, 0.6) is 11.5 Å². The fourth-order valence-electron chi connectivity index (χ4n) is 4.97. The summed E-state index contributed by atoms with van der Waals surface area (Å²) < 4.78 is 12.0. The minimum atomic E-state index is -0.514. The number of carbonyl (C=O) groups excluding carboxylic acids is 2. The summed E-state index contributed by atoms with van der Waals surface area (Å²) >= 11 is 13.9. The van der Waals surface area contributed by atoms with E-state index >= 15 is 0 Å². The highest BCUT2D eigenvalue weighted by Crippen LogP contribution is 2.47. The van der Waals surface area contributed by atoms with Crippen LogP contribution in [-0.2, 0) is 11.4 Å². The van der Waals surface area contributed by atoms with Gasteiger partial charge < -0.3 is 9.47 Å². The molecule has 0 aromatic heterocycles. The van der Waals surface area contributed by atoms with Crippen LogP contribution in [0.4, 0.5) is 10.5 Å². The van der Waals surface area contributed by atoms with Crippen molar-refractivity contribution < 1.29 is 19.1 Å². The summed E-state index contributed by atoms with van der Waals surface area (Å²) in [5.41, 5.74) is 4.29.